The third-order valence-corrected chi connectivity index (χ3v) is 10.1. The van der Waals surface area contributed by atoms with Crippen LogP contribution in [0.15, 0.2) is 91.0 Å². The van der Waals surface area contributed by atoms with E-state index in [-0.39, 0.29) is 19.4 Å². The third-order valence-electron chi connectivity index (χ3n) is 10.1. The number of benzene rings is 3. The number of aliphatic hydroxyl groups is 1. The lowest BCUT2D eigenvalue weighted by Crippen LogP contribution is -2.69. The number of carbonyl (C=O) groups excluding carboxylic acids is 2. The maximum atomic E-state index is 13.7. The predicted molar refractivity (Wildman–Crippen MR) is 182 cm³/mol. The molecule has 0 aromatic heterocycles. The molecule has 7 rings (SSSR count). The molecule has 0 bridgehead atoms. The Kier molecular flexibility index (Phi) is 11.6. The Hall–Kier alpha value is -3.52. The first-order valence-electron chi connectivity index (χ1n) is 17.8. The van der Waals surface area contributed by atoms with Crippen LogP contribution in [0.4, 0.5) is 0 Å². The fourth-order valence-electron chi connectivity index (χ4n) is 7.48. The van der Waals surface area contributed by atoms with Gasteiger partial charge in [-0.15, -0.1) is 0 Å². The molecule has 4 fully saturated rings. The molecule has 10 atom stereocenters. The molecule has 0 spiro atoms. The van der Waals surface area contributed by atoms with Gasteiger partial charge in [-0.05, 0) is 23.1 Å². The summed E-state index contributed by atoms with van der Waals surface area (Å²) in [5, 5.41) is 12.1. The topological polar surface area (TPSA) is 128 Å². The van der Waals surface area contributed by atoms with Crippen LogP contribution in [0.1, 0.15) is 49.3 Å². The fraction of sp³-hybridized carbons (Fsp3) is 0.500. The molecule has 0 aliphatic carbocycles. The Labute approximate surface area is 298 Å². The number of hydrogen-bond donors (Lipinski definition) is 1. The number of Topliss-reactive ketones (excluding diaryl/α,β-unsaturated/α-hetero) is 1. The summed E-state index contributed by atoms with van der Waals surface area (Å²) in [6.45, 7) is 3.03. The number of fused-ring (bicyclic) bond motifs is 2. The second-order valence-electron chi connectivity index (χ2n) is 13.7. The molecule has 3 aromatic rings. The quantitative estimate of drug-likeness (QED) is 0.269. The lowest BCUT2D eigenvalue weighted by Gasteiger charge is -2.52. The summed E-state index contributed by atoms with van der Waals surface area (Å²) >= 11 is 0. The van der Waals surface area contributed by atoms with E-state index >= 15 is 0 Å². The highest BCUT2D eigenvalue weighted by atomic mass is 16.7. The maximum absolute atomic E-state index is 13.7. The van der Waals surface area contributed by atoms with Crippen LogP contribution in [-0.4, -0.2) is 90.8 Å². The zero-order valence-electron chi connectivity index (χ0n) is 28.8. The number of rotatable bonds is 12. The van der Waals surface area contributed by atoms with Crippen LogP contribution in [0.5, 0.6) is 0 Å². The van der Waals surface area contributed by atoms with Gasteiger partial charge in [-0.3, -0.25) is 9.59 Å². The highest BCUT2D eigenvalue weighted by molar-refractivity contribution is 5.87. The standard InChI is InChI=1S/C40H46O11/c1-26(41)48-34-21-37(40(43)36(42)20-32-39(51-40)30(17-18-45-32)46-23-28-13-7-3-8-14-28)49-33-19-31(47-24-29-15-9-4-10-16-29)35(50-38(33)34)25-44-22-27-11-5-2-6-12-27/h2-16,30-35,37-39,43H,17-25H2,1H3/t30-,31+,32+,33+,34-,35-,37?,38-,39+,40+/m1/s1. The van der Waals surface area contributed by atoms with Gasteiger partial charge < -0.3 is 43.0 Å². The second kappa shape index (κ2) is 16.4. The normalized spacial score (nSPS) is 33.5. The number of ketones is 1. The summed E-state index contributed by atoms with van der Waals surface area (Å²) in [5.74, 6) is -3.39. The molecule has 0 amide bonds. The minimum atomic E-state index is -2.32. The Morgan fingerprint density at radius 2 is 1.37 bits per heavy atom. The molecule has 3 aromatic carbocycles. The number of ether oxygens (including phenoxy) is 8. The first-order chi connectivity index (χ1) is 24.9. The van der Waals surface area contributed by atoms with Crippen molar-refractivity contribution in [1.29, 1.82) is 0 Å². The summed E-state index contributed by atoms with van der Waals surface area (Å²) in [4.78, 5) is 26.1. The van der Waals surface area contributed by atoms with Crippen LogP contribution in [0.2, 0.25) is 0 Å². The molecule has 0 saturated carbocycles. The Bertz CT molecular complexity index is 1570. The van der Waals surface area contributed by atoms with Crippen LogP contribution >= 0.6 is 0 Å². The van der Waals surface area contributed by atoms with Gasteiger partial charge in [0.2, 0.25) is 0 Å². The average Bonchev–Trinajstić information content (AvgIpc) is 3.14. The van der Waals surface area contributed by atoms with E-state index in [9.17, 15) is 14.7 Å². The van der Waals surface area contributed by atoms with Crippen LogP contribution in [0.3, 0.4) is 0 Å². The van der Waals surface area contributed by atoms with Crippen molar-refractivity contribution in [3.8, 4) is 0 Å². The molecular formula is C40H46O11. The van der Waals surface area contributed by atoms with Crippen molar-refractivity contribution in [2.45, 2.75) is 113 Å². The van der Waals surface area contributed by atoms with Gasteiger partial charge >= 0.3 is 5.97 Å². The Balaban J connectivity index is 1.09. The molecule has 1 unspecified atom stereocenters. The summed E-state index contributed by atoms with van der Waals surface area (Å²) < 4.78 is 50.0. The first kappa shape index (κ1) is 35.9. The van der Waals surface area contributed by atoms with Gasteiger partial charge in [-0.1, -0.05) is 91.0 Å². The van der Waals surface area contributed by atoms with Crippen LogP contribution < -0.4 is 0 Å². The minimum Gasteiger partial charge on any atom is -0.460 e. The highest BCUT2D eigenvalue weighted by Gasteiger charge is 2.60. The maximum Gasteiger partial charge on any atom is 0.302 e. The van der Waals surface area contributed by atoms with E-state index in [0.29, 0.717) is 39.3 Å². The van der Waals surface area contributed by atoms with Crippen molar-refractivity contribution >= 4 is 11.8 Å². The smallest absolute Gasteiger partial charge is 0.302 e. The Morgan fingerprint density at radius 3 is 2.00 bits per heavy atom. The lowest BCUT2D eigenvalue weighted by molar-refractivity contribution is -0.350. The summed E-state index contributed by atoms with van der Waals surface area (Å²) in [5.41, 5.74) is 3.02. The van der Waals surface area contributed by atoms with Gasteiger partial charge in [0.1, 0.15) is 30.5 Å². The molecule has 4 heterocycles. The minimum absolute atomic E-state index is 0.0239. The van der Waals surface area contributed by atoms with Gasteiger partial charge in [0.15, 0.2) is 5.78 Å². The molecule has 11 nitrogen and oxygen atoms in total. The lowest BCUT2D eigenvalue weighted by atomic mass is 9.83. The third kappa shape index (κ3) is 8.59. The second-order valence-corrected chi connectivity index (χ2v) is 13.7. The summed E-state index contributed by atoms with van der Waals surface area (Å²) in [6, 6.07) is 29.4. The van der Waals surface area contributed by atoms with E-state index in [1.165, 1.54) is 6.92 Å². The molecule has 4 aliphatic heterocycles. The zero-order chi connectivity index (χ0) is 35.2. The average molecular weight is 703 g/mol. The summed E-state index contributed by atoms with van der Waals surface area (Å²) in [6.07, 6.45) is -5.27. The molecule has 51 heavy (non-hydrogen) atoms. The number of carbonyl (C=O) groups is 2. The number of hydrogen-bond acceptors (Lipinski definition) is 11. The molecule has 4 saturated heterocycles. The van der Waals surface area contributed by atoms with Crippen molar-refractivity contribution < 1.29 is 52.6 Å². The van der Waals surface area contributed by atoms with E-state index in [4.69, 9.17) is 37.9 Å². The molecular weight excluding hydrogens is 656 g/mol. The molecule has 272 valence electrons. The molecule has 4 aliphatic rings. The van der Waals surface area contributed by atoms with Gasteiger partial charge in [0.25, 0.3) is 5.79 Å². The zero-order valence-corrected chi connectivity index (χ0v) is 28.8. The van der Waals surface area contributed by atoms with Gasteiger partial charge in [0.05, 0.1) is 50.8 Å². The molecule has 11 heteroatoms. The Morgan fingerprint density at radius 1 is 0.765 bits per heavy atom. The molecule has 1 N–H and O–H groups in total. The van der Waals surface area contributed by atoms with Crippen molar-refractivity contribution in [2.75, 3.05) is 13.2 Å². The van der Waals surface area contributed by atoms with Crippen molar-refractivity contribution in [3.63, 3.8) is 0 Å². The molecule has 0 radical (unpaired) electrons. The van der Waals surface area contributed by atoms with Gasteiger partial charge in [-0.25, -0.2) is 0 Å². The predicted octanol–water partition coefficient (Wildman–Crippen LogP) is 4.46. The van der Waals surface area contributed by atoms with E-state index in [0.717, 1.165) is 16.7 Å². The fourth-order valence-corrected chi connectivity index (χ4v) is 7.48. The van der Waals surface area contributed by atoms with Gasteiger partial charge in [-0.2, -0.15) is 0 Å². The van der Waals surface area contributed by atoms with Gasteiger partial charge in [0, 0.05) is 32.8 Å². The van der Waals surface area contributed by atoms with Crippen LogP contribution in [-0.2, 0) is 67.3 Å². The van der Waals surface area contributed by atoms with Crippen molar-refractivity contribution in [1.82, 2.24) is 0 Å². The largest absolute Gasteiger partial charge is 0.460 e. The van der Waals surface area contributed by atoms with Crippen molar-refractivity contribution in [2.24, 2.45) is 0 Å². The monoisotopic (exact) mass is 702 g/mol. The van der Waals surface area contributed by atoms with Crippen LogP contribution in [0, 0.1) is 0 Å². The van der Waals surface area contributed by atoms with E-state index in [1.807, 2.05) is 91.0 Å². The van der Waals surface area contributed by atoms with E-state index < -0.39 is 72.5 Å². The van der Waals surface area contributed by atoms with Crippen molar-refractivity contribution in [3.05, 3.63) is 108 Å². The highest BCUT2D eigenvalue weighted by Crippen LogP contribution is 2.42. The van der Waals surface area contributed by atoms with E-state index in [2.05, 4.69) is 0 Å². The SMILES string of the molecule is CC(=O)O[C@@H]1CC([C@@]2(O)O[C@@H]3[C@H](CC2=O)OCC[C@H]3OCc2ccccc2)O[C@H]2C[C@H](OCc3ccccc3)[C@@H](COCc3ccccc3)O[C@H]21. The van der Waals surface area contributed by atoms with E-state index in [1.54, 1.807) is 0 Å². The summed E-state index contributed by atoms with van der Waals surface area (Å²) in [7, 11) is 0. The van der Waals surface area contributed by atoms with Crippen LogP contribution in [0.25, 0.3) is 0 Å². The first-order valence-corrected chi connectivity index (χ1v) is 17.8. The number of esters is 1.